The lowest BCUT2D eigenvalue weighted by molar-refractivity contribution is -0.122. The molecule has 0 aromatic heterocycles. The molecule has 2 rings (SSSR count). The first kappa shape index (κ1) is 14.2. The van der Waals surface area contributed by atoms with Crippen molar-refractivity contribution in [3.63, 3.8) is 0 Å². The van der Waals surface area contributed by atoms with Crippen molar-refractivity contribution < 1.29 is 4.79 Å². The van der Waals surface area contributed by atoms with Crippen molar-refractivity contribution in [2.75, 3.05) is 12.4 Å². The van der Waals surface area contributed by atoms with Crippen LogP contribution in [-0.4, -0.2) is 18.3 Å². The van der Waals surface area contributed by atoms with E-state index < -0.39 is 0 Å². The lowest BCUT2D eigenvalue weighted by atomic mass is 9.86. The van der Waals surface area contributed by atoms with Gasteiger partial charge in [-0.2, -0.15) is 0 Å². The highest BCUT2D eigenvalue weighted by atomic mass is 35.5. The Hall–Kier alpha value is -0.240. The monoisotopic (exact) mass is 271 g/mol. The number of carbonyl (C=O) groups is 1. The SMILES string of the molecule is CC(C)(CCCl)CNC(=O)CC1CC2CCC1C2. The normalized spacial score (nSPS) is 30.7. The molecule has 0 heterocycles. The molecule has 2 fully saturated rings. The minimum atomic E-state index is 0.117. The lowest BCUT2D eigenvalue weighted by Crippen LogP contribution is -2.35. The van der Waals surface area contributed by atoms with E-state index >= 15 is 0 Å². The maximum Gasteiger partial charge on any atom is 0.220 e. The third kappa shape index (κ3) is 3.63. The lowest BCUT2D eigenvalue weighted by Gasteiger charge is -2.25. The van der Waals surface area contributed by atoms with Crippen LogP contribution in [0.2, 0.25) is 0 Å². The maximum atomic E-state index is 12.0. The van der Waals surface area contributed by atoms with Gasteiger partial charge in [-0.3, -0.25) is 4.79 Å². The van der Waals surface area contributed by atoms with Crippen LogP contribution in [0.3, 0.4) is 0 Å². The fourth-order valence-electron chi connectivity index (χ4n) is 3.62. The second kappa shape index (κ2) is 5.81. The van der Waals surface area contributed by atoms with Gasteiger partial charge in [-0.05, 0) is 48.9 Å². The van der Waals surface area contributed by atoms with E-state index in [2.05, 4.69) is 19.2 Å². The fraction of sp³-hybridized carbons (Fsp3) is 0.933. The summed E-state index contributed by atoms with van der Waals surface area (Å²) >= 11 is 5.77. The fourth-order valence-corrected chi connectivity index (χ4v) is 4.13. The summed E-state index contributed by atoms with van der Waals surface area (Å²) in [5.41, 5.74) is 0.117. The summed E-state index contributed by atoms with van der Waals surface area (Å²) in [7, 11) is 0. The summed E-state index contributed by atoms with van der Waals surface area (Å²) in [4.78, 5) is 12.0. The van der Waals surface area contributed by atoms with Gasteiger partial charge in [0.05, 0.1) is 0 Å². The van der Waals surface area contributed by atoms with Gasteiger partial charge in [0, 0.05) is 18.8 Å². The molecule has 0 saturated heterocycles. The average Bonchev–Trinajstić information content (AvgIpc) is 2.88. The van der Waals surface area contributed by atoms with E-state index in [1.165, 1.54) is 25.7 Å². The Morgan fingerprint density at radius 3 is 2.67 bits per heavy atom. The molecule has 2 aliphatic rings. The van der Waals surface area contributed by atoms with Gasteiger partial charge in [0.25, 0.3) is 0 Å². The number of carbonyl (C=O) groups excluding carboxylic acids is 1. The number of alkyl halides is 1. The van der Waals surface area contributed by atoms with Gasteiger partial charge in [-0.15, -0.1) is 11.6 Å². The van der Waals surface area contributed by atoms with Gasteiger partial charge >= 0.3 is 0 Å². The minimum Gasteiger partial charge on any atom is -0.356 e. The van der Waals surface area contributed by atoms with Crippen LogP contribution in [-0.2, 0) is 4.79 Å². The van der Waals surface area contributed by atoms with Gasteiger partial charge in [-0.1, -0.05) is 20.3 Å². The molecular weight excluding hydrogens is 246 g/mol. The van der Waals surface area contributed by atoms with Gasteiger partial charge in [-0.25, -0.2) is 0 Å². The van der Waals surface area contributed by atoms with Gasteiger partial charge in [0.15, 0.2) is 0 Å². The number of halogens is 1. The third-order valence-corrected chi connectivity index (χ3v) is 5.06. The molecule has 0 spiro atoms. The van der Waals surface area contributed by atoms with E-state index in [1.807, 2.05) is 0 Å². The van der Waals surface area contributed by atoms with Crippen LogP contribution in [0.25, 0.3) is 0 Å². The molecule has 0 aliphatic heterocycles. The molecule has 2 aliphatic carbocycles. The highest BCUT2D eigenvalue weighted by molar-refractivity contribution is 6.17. The summed E-state index contributed by atoms with van der Waals surface area (Å²) in [6.45, 7) is 5.07. The Bertz CT molecular complexity index is 303. The topological polar surface area (TPSA) is 29.1 Å². The van der Waals surface area contributed by atoms with E-state index in [9.17, 15) is 4.79 Å². The van der Waals surface area contributed by atoms with E-state index in [1.54, 1.807) is 0 Å². The second-order valence-corrected chi connectivity index (χ2v) is 7.40. The summed E-state index contributed by atoms with van der Waals surface area (Å²) in [5.74, 6) is 3.35. The molecule has 2 saturated carbocycles. The zero-order valence-electron chi connectivity index (χ0n) is 11.7. The number of hydrogen-bond acceptors (Lipinski definition) is 1. The van der Waals surface area contributed by atoms with Crippen LogP contribution >= 0.6 is 11.6 Å². The maximum absolute atomic E-state index is 12.0. The van der Waals surface area contributed by atoms with Gasteiger partial charge < -0.3 is 5.32 Å². The van der Waals surface area contributed by atoms with Crippen LogP contribution in [0, 0.1) is 23.2 Å². The van der Waals surface area contributed by atoms with Crippen LogP contribution in [0.1, 0.15) is 52.4 Å². The third-order valence-electron chi connectivity index (χ3n) is 4.87. The Morgan fingerprint density at radius 2 is 2.11 bits per heavy atom. The van der Waals surface area contributed by atoms with E-state index in [-0.39, 0.29) is 11.3 Å². The van der Waals surface area contributed by atoms with Crippen molar-refractivity contribution in [1.29, 1.82) is 0 Å². The van der Waals surface area contributed by atoms with Crippen molar-refractivity contribution in [3.05, 3.63) is 0 Å². The zero-order chi connectivity index (χ0) is 13.2. The van der Waals surface area contributed by atoms with Crippen LogP contribution in [0.4, 0.5) is 0 Å². The number of amides is 1. The summed E-state index contributed by atoms with van der Waals surface area (Å²) in [5, 5.41) is 3.10. The Labute approximate surface area is 116 Å². The first-order chi connectivity index (χ1) is 8.50. The first-order valence-corrected chi connectivity index (χ1v) is 7.86. The molecule has 1 N–H and O–H groups in total. The van der Waals surface area contributed by atoms with E-state index in [0.29, 0.717) is 11.8 Å². The number of hydrogen-bond donors (Lipinski definition) is 1. The van der Waals surface area contributed by atoms with Gasteiger partial charge in [0.1, 0.15) is 0 Å². The smallest absolute Gasteiger partial charge is 0.220 e. The molecule has 0 radical (unpaired) electrons. The molecule has 3 heteroatoms. The van der Waals surface area contributed by atoms with Crippen LogP contribution in [0.5, 0.6) is 0 Å². The first-order valence-electron chi connectivity index (χ1n) is 7.33. The highest BCUT2D eigenvalue weighted by Crippen LogP contribution is 2.49. The molecule has 2 bridgehead atoms. The van der Waals surface area contributed by atoms with Crippen molar-refractivity contribution in [2.45, 2.75) is 52.4 Å². The number of rotatable bonds is 6. The van der Waals surface area contributed by atoms with Crippen molar-refractivity contribution in [1.82, 2.24) is 5.32 Å². The molecule has 0 aromatic carbocycles. The number of fused-ring (bicyclic) bond motifs is 2. The van der Waals surface area contributed by atoms with Crippen molar-refractivity contribution in [2.24, 2.45) is 23.2 Å². The molecule has 0 aromatic rings. The van der Waals surface area contributed by atoms with Crippen molar-refractivity contribution in [3.8, 4) is 0 Å². The molecule has 2 nitrogen and oxygen atoms in total. The molecule has 104 valence electrons. The number of nitrogens with one attached hydrogen (secondary N) is 1. The Morgan fingerprint density at radius 1 is 1.33 bits per heavy atom. The Balaban J connectivity index is 1.69. The quantitative estimate of drug-likeness (QED) is 0.735. The molecular formula is C15H26ClNO. The average molecular weight is 272 g/mol. The second-order valence-electron chi connectivity index (χ2n) is 7.02. The molecule has 3 atom stereocenters. The molecule has 3 unspecified atom stereocenters. The summed E-state index contributed by atoms with van der Waals surface area (Å²) in [6.07, 6.45) is 7.14. The van der Waals surface area contributed by atoms with Crippen molar-refractivity contribution >= 4 is 17.5 Å². The van der Waals surface area contributed by atoms with E-state index in [0.717, 1.165) is 31.2 Å². The van der Waals surface area contributed by atoms with Gasteiger partial charge in [0.2, 0.25) is 5.91 Å². The summed E-state index contributed by atoms with van der Waals surface area (Å²) < 4.78 is 0. The molecule has 18 heavy (non-hydrogen) atoms. The Kier molecular flexibility index (Phi) is 4.58. The predicted molar refractivity (Wildman–Crippen MR) is 75.7 cm³/mol. The van der Waals surface area contributed by atoms with E-state index in [4.69, 9.17) is 11.6 Å². The predicted octanol–water partition coefficient (Wildman–Crippen LogP) is 3.58. The van der Waals surface area contributed by atoms with Crippen LogP contribution < -0.4 is 5.32 Å². The highest BCUT2D eigenvalue weighted by Gasteiger charge is 2.40. The largest absolute Gasteiger partial charge is 0.356 e. The summed E-state index contributed by atoms with van der Waals surface area (Å²) in [6, 6.07) is 0. The zero-order valence-corrected chi connectivity index (χ0v) is 12.4. The molecule has 1 amide bonds. The van der Waals surface area contributed by atoms with Crippen LogP contribution in [0.15, 0.2) is 0 Å². The minimum absolute atomic E-state index is 0.117. The standard InChI is InChI=1S/C15H26ClNO/c1-15(2,5-6-16)10-17-14(18)9-13-8-11-3-4-12(13)7-11/h11-13H,3-10H2,1-2H3,(H,17,18).